The third-order valence-corrected chi connectivity index (χ3v) is 25.9. The van der Waals surface area contributed by atoms with E-state index in [1.165, 1.54) is 27.1 Å². The monoisotopic (exact) mass is 1670 g/mol. The minimum atomic E-state index is 0.553. The van der Waals surface area contributed by atoms with Gasteiger partial charge in [-0.25, -0.2) is 29.9 Å². The van der Waals surface area contributed by atoms with Crippen LogP contribution in [0.25, 0.3) is 250 Å². The van der Waals surface area contributed by atoms with E-state index in [9.17, 15) is 0 Å². The van der Waals surface area contributed by atoms with Gasteiger partial charge in [-0.15, -0.1) is 0 Å². The summed E-state index contributed by atoms with van der Waals surface area (Å²) in [5, 5.41) is 11.7. The summed E-state index contributed by atoms with van der Waals surface area (Å²) in [6.45, 7) is 0. The highest BCUT2D eigenvalue weighted by molar-refractivity contribution is 6.17. The Labute approximate surface area is 751 Å². The first kappa shape index (κ1) is 74.5. The van der Waals surface area contributed by atoms with Crippen LogP contribution in [-0.2, 0) is 0 Å². The molecule has 610 valence electrons. The fraction of sp³-hybridized carbons (Fsp3) is 0. The first-order valence-corrected chi connectivity index (χ1v) is 44.1. The van der Waals surface area contributed by atoms with Crippen molar-refractivity contribution >= 4 is 109 Å². The molecule has 26 rings (SSSR count). The molecule has 0 amide bonds. The van der Waals surface area contributed by atoms with E-state index in [-0.39, 0.29) is 0 Å². The largest absolute Gasteiger partial charge is 0.309 e. The molecule has 0 atom stereocenters. The van der Waals surface area contributed by atoms with E-state index in [1.807, 2.05) is 84.9 Å². The van der Waals surface area contributed by atoms with Crippen LogP contribution in [-0.4, -0.2) is 62.7 Å². The van der Waals surface area contributed by atoms with Crippen LogP contribution < -0.4 is 0 Å². The molecule has 0 N–H and O–H groups in total. The van der Waals surface area contributed by atoms with E-state index in [4.69, 9.17) is 29.9 Å². The molecule has 0 aliphatic carbocycles. The summed E-state index contributed by atoms with van der Waals surface area (Å²) < 4.78 is 12.0. The second-order valence-corrected chi connectivity index (χ2v) is 33.5. The smallest absolute Gasteiger partial charge is 0.165 e. The van der Waals surface area contributed by atoms with Crippen molar-refractivity contribution in [2.45, 2.75) is 0 Å². The van der Waals surface area contributed by atoms with Gasteiger partial charge in [0.15, 0.2) is 34.9 Å². The number of para-hydroxylation sites is 5. The molecule has 17 aromatic carbocycles. The molecule has 0 radical (unpaired) electrons. The summed E-state index contributed by atoms with van der Waals surface area (Å²) in [6.07, 6.45) is 7.13. The second kappa shape index (κ2) is 30.4. The minimum Gasteiger partial charge on any atom is -0.309 e. The Hall–Kier alpha value is -17.9. The van der Waals surface area contributed by atoms with Crippen LogP contribution in [0.1, 0.15) is 0 Å². The molecule has 13 nitrogen and oxygen atoms in total. The van der Waals surface area contributed by atoms with Crippen molar-refractivity contribution < 1.29 is 0 Å². The zero-order valence-electron chi connectivity index (χ0n) is 70.5. The number of benzene rings is 17. The van der Waals surface area contributed by atoms with Gasteiger partial charge >= 0.3 is 0 Å². The van der Waals surface area contributed by atoms with E-state index < -0.39 is 0 Å². The Kier molecular flexibility index (Phi) is 17.3. The van der Waals surface area contributed by atoms with E-state index in [2.05, 4.69) is 366 Å². The Morgan fingerprint density at radius 3 is 0.687 bits per heavy atom. The highest BCUT2D eigenvalue weighted by Crippen LogP contribution is 2.46. The number of nitrogens with zero attached hydrogens (tertiary/aromatic N) is 13. The SMILES string of the molecule is c1ccc(-c2nc(-c3cccnc3)nc(-c3cccc(-n4c5ccccc5c5cc(-c6ccc7c(c6)c6ccc(-c8ccc9c%10cc(-c%11ccc%12c(c%11)c%11cc(-c%13ccc%14c(c%13)c%13ccccc%13n%14-c%13ccccc%13)ccc%11n%12-c%11cccc(-c%12nc(-c%13ccccc%13)nc(-c%13cccnc%13)n%12)c%11)ccc%10n(-c%10ccccc%10)c9c8)cc6n7-c6ccccc6)ccc54)c3)n2)cc1. The van der Waals surface area contributed by atoms with Crippen LogP contribution in [0, 0.1) is 0 Å². The maximum atomic E-state index is 5.18. The van der Waals surface area contributed by atoms with Gasteiger partial charge in [-0.3, -0.25) is 9.97 Å². The van der Waals surface area contributed by atoms with Gasteiger partial charge in [-0.2, -0.15) is 0 Å². The lowest BCUT2D eigenvalue weighted by atomic mass is 9.98. The maximum Gasteiger partial charge on any atom is 0.165 e. The topological polar surface area (TPSA) is 128 Å². The van der Waals surface area contributed by atoms with E-state index >= 15 is 0 Å². The van der Waals surface area contributed by atoms with Crippen LogP contribution in [0.2, 0.25) is 0 Å². The minimum absolute atomic E-state index is 0.553. The van der Waals surface area contributed by atoms with Gasteiger partial charge in [-0.05, 0) is 226 Å². The number of fused-ring (bicyclic) bond motifs is 15. The summed E-state index contributed by atoms with van der Waals surface area (Å²) in [7, 11) is 0. The molecular formula is C118H73N13. The zero-order valence-corrected chi connectivity index (χ0v) is 70.5. The third-order valence-electron chi connectivity index (χ3n) is 25.9. The summed E-state index contributed by atoms with van der Waals surface area (Å²) in [5.74, 6) is 3.45. The number of pyridine rings is 2. The first-order valence-electron chi connectivity index (χ1n) is 44.1. The average molecular weight is 1670 g/mol. The molecule has 0 spiro atoms. The van der Waals surface area contributed by atoms with Crippen LogP contribution in [0.4, 0.5) is 0 Å². The normalized spacial score (nSPS) is 11.8. The second-order valence-electron chi connectivity index (χ2n) is 33.5. The predicted octanol–water partition coefficient (Wildman–Crippen LogP) is 29.0. The molecule has 26 aromatic rings. The van der Waals surface area contributed by atoms with Gasteiger partial charge in [0.05, 0.1) is 55.2 Å². The number of hydrogen-bond acceptors (Lipinski definition) is 8. The molecule has 131 heavy (non-hydrogen) atoms. The van der Waals surface area contributed by atoms with E-state index in [0.717, 1.165) is 188 Å². The quantitative estimate of drug-likeness (QED) is 0.0993. The van der Waals surface area contributed by atoms with Gasteiger partial charge in [0.1, 0.15) is 0 Å². The van der Waals surface area contributed by atoms with Crippen LogP contribution in [0.15, 0.2) is 443 Å². The van der Waals surface area contributed by atoms with Crippen molar-refractivity contribution in [3.8, 4) is 141 Å². The fourth-order valence-corrected chi connectivity index (χ4v) is 19.8. The van der Waals surface area contributed by atoms with Gasteiger partial charge in [0, 0.05) is 140 Å². The van der Waals surface area contributed by atoms with Crippen molar-refractivity contribution in [3.63, 3.8) is 0 Å². The van der Waals surface area contributed by atoms with E-state index in [1.54, 1.807) is 24.8 Å². The Morgan fingerprint density at radius 2 is 0.359 bits per heavy atom. The number of hydrogen-bond donors (Lipinski definition) is 0. The molecule has 13 heteroatoms. The molecular weight excluding hydrogens is 1600 g/mol. The lowest BCUT2D eigenvalue weighted by Gasteiger charge is -2.12. The van der Waals surface area contributed by atoms with Crippen LogP contribution in [0.5, 0.6) is 0 Å². The van der Waals surface area contributed by atoms with Gasteiger partial charge in [0.2, 0.25) is 0 Å². The van der Waals surface area contributed by atoms with Gasteiger partial charge in [0.25, 0.3) is 0 Å². The lowest BCUT2D eigenvalue weighted by Crippen LogP contribution is -2.01. The first-order chi connectivity index (χ1) is 64.9. The molecule has 9 heterocycles. The van der Waals surface area contributed by atoms with Crippen molar-refractivity contribution in [2.75, 3.05) is 0 Å². The molecule has 0 fully saturated rings. The zero-order chi connectivity index (χ0) is 86.1. The van der Waals surface area contributed by atoms with Crippen LogP contribution in [0.3, 0.4) is 0 Å². The summed E-state index contributed by atoms with van der Waals surface area (Å²) in [6, 6.07) is 151. The number of rotatable bonds is 15. The lowest BCUT2D eigenvalue weighted by molar-refractivity contribution is 1.07. The average Bonchev–Trinajstić information content (AvgIpc) is 1.58. The molecule has 0 aliphatic heterocycles. The number of aromatic nitrogens is 13. The summed E-state index contributed by atoms with van der Waals surface area (Å²) >= 11 is 0. The molecule has 0 unspecified atom stereocenters. The van der Waals surface area contributed by atoms with Crippen molar-refractivity contribution in [1.29, 1.82) is 0 Å². The predicted molar refractivity (Wildman–Crippen MR) is 535 cm³/mol. The van der Waals surface area contributed by atoms with Crippen LogP contribution >= 0.6 is 0 Å². The third kappa shape index (κ3) is 12.6. The molecule has 9 aromatic heterocycles. The molecule has 0 saturated carbocycles. The highest BCUT2D eigenvalue weighted by atomic mass is 15.1. The van der Waals surface area contributed by atoms with Gasteiger partial charge < -0.3 is 22.8 Å². The van der Waals surface area contributed by atoms with E-state index in [0.29, 0.717) is 34.9 Å². The van der Waals surface area contributed by atoms with Crippen molar-refractivity contribution in [2.24, 2.45) is 0 Å². The Balaban J connectivity index is 0.581. The summed E-state index contributed by atoms with van der Waals surface area (Å²) in [4.78, 5) is 39.4. The van der Waals surface area contributed by atoms with Gasteiger partial charge in [-0.1, -0.05) is 237 Å². The fourth-order valence-electron chi connectivity index (χ4n) is 19.8. The molecule has 0 saturated heterocycles. The molecule has 0 aliphatic rings. The highest BCUT2D eigenvalue weighted by Gasteiger charge is 2.25. The summed E-state index contributed by atoms with van der Waals surface area (Å²) in [5.41, 5.74) is 30.6. The standard InChI is InChI=1S/C118H73N13/c1-6-24-74(25-7-1)113-121-115(125-117(123-113)86-30-22-60-119-72-86)84-28-20-38-91(62-84)130-104-43-19-17-41-94(104)98-65-76(49-57-108(98)130)78-47-55-106-99(66-78)95-52-44-82(70-111(95)128(106)89-34-12-4-13-35-89)83-45-53-96-100-67-79(48-56-107(100)129(112(96)71-83)90-36-14-5-15-37-90)81-51-59-110-102(69-81)101-68-80(77-46-54-105-97(64-77)93-40-16-18-42-103(93)127(105)88-32-10-3-11-33-88)50-58-109(101)131(110)92-39-21-29-85(63-92)116-122-114(75-26-8-2-9-27-75)124-118(126-116)87-31-23-61-120-73-87/h1-73H. The Morgan fingerprint density at radius 1 is 0.130 bits per heavy atom. The molecule has 0 bridgehead atoms. The maximum absolute atomic E-state index is 5.18. The Bertz CT molecular complexity index is 8960. The van der Waals surface area contributed by atoms with Crippen molar-refractivity contribution in [3.05, 3.63) is 443 Å². The van der Waals surface area contributed by atoms with Crippen molar-refractivity contribution in [1.82, 2.24) is 62.7 Å².